The van der Waals surface area contributed by atoms with E-state index in [9.17, 15) is 19.5 Å². The summed E-state index contributed by atoms with van der Waals surface area (Å²) in [4.78, 5) is 38.1. The first-order valence-electron chi connectivity index (χ1n) is 10.0. The van der Waals surface area contributed by atoms with Crippen LogP contribution in [0.25, 0.3) is 0 Å². The number of hydrogen-bond donors (Lipinski definition) is 3. The van der Waals surface area contributed by atoms with Gasteiger partial charge in [0.2, 0.25) is 12.7 Å². The van der Waals surface area contributed by atoms with Crippen LogP contribution in [0.5, 0.6) is 17.2 Å². The van der Waals surface area contributed by atoms with Gasteiger partial charge in [-0.15, -0.1) is 0 Å². The fourth-order valence-corrected chi connectivity index (χ4v) is 3.52. The van der Waals surface area contributed by atoms with E-state index in [-0.39, 0.29) is 43.7 Å². The molecule has 2 aliphatic heterocycles. The van der Waals surface area contributed by atoms with E-state index >= 15 is 0 Å². The van der Waals surface area contributed by atoms with Crippen molar-refractivity contribution in [3.8, 4) is 17.2 Å². The van der Waals surface area contributed by atoms with E-state index in [0.29, 0.717) is 24.5 Å². The number of amides is 4. The van der Waals surface area contributed by atoms with E-state index in [1.54, 1.807) is 42.5 Å². The molecule has 0 spiro atoms. The number of fused-ring (bicyclic) bond motifs is 1. The molecule has 9 nitrogen and oxygen atoms in total. The standard InChI is InChI=1S/C22H23N3O6/c26-16-4-1-14(2-5-16)9-10-23-20(27)8-6-17-21(28)25(22(29)24-17)12-15-3-7-18-19(11-15)31-13-30-18/h1-5,7,11,17,26H,6,8-10,12-13H2,(H,23,27)(H,24,29)/t17-/m1/s1. The SMILES string of the molecule is O=C(CC[C@H]1NC(=O)N(Cc2ccc3c(c2)OCO3)C1=O)NCCc1ccc(O)cc1. The van der Waals surface area contributed by atoms with Gasteiger partial charge in [-0.1, -0.05) is 18.2 Å². The average molecular weight is 425 g/mol. The number of phenols is 1. The summed E-state index contributed by atoms with van der Waals surface area (Å²) in [6, 6.07) is 10.9. The monoisotopic (exact) mass is 425 g/mol. The van der Waals surface area contributed by atoms with Crippen molar-refractivity contribution in [2.24, 2.45) is 0 Å². The summed E-state index contributed by atoms with van der Waals surface area (Å²) in [5.41, 5.74) is 1.75. The number of nitrogens with zero attached hydrogens (tertiary/aromatic N) is 1. The van der Waals surface area contributed by atoms with Crippen LogP contribution in [0.3, 0.4) is 0 Å². The Morgan fingerprint density at radius 2 is 1.84 bits per heavy atom. The molecule has 9 heteroatoms. The van der Waals surface area contributed by atoms with Gasteiger partial charge in [0.15, 0.2) is 11.5 Å². The van der Waals surface area contributed by atoms with Crippen molar-refractivity contribution in [2.75, 3.05) is 13.3 Å². The van der Waals surface area contributed by atoms with E-state index in [2.05, 4.69) is 10.6 Å². The van der Waals surface area contributed by atoms with Crippen LogP contribution in [0.15, 0.2) is 42.5 Å². The summed E-state index contributed by atoms with van der Waals surface area (Å²) in [7, 11) is 0. The Balaban J connectivity index is 1.23. The molecule has 2 aromatic carbocycles. The van der Waals surface area contributed by atoms with Crippen LogP contribution in [-0.2, 0) is 22.6 Å². The lowest BCUT2D eigenvalue weighted by molar-refractivity contribution is -0.128. The predicted octanol–water partition coefficient (Wildman–Crippen LogP) is 1.68. The molecule has 0 saturated carbocycles. The minimum Gasteiger partial charge on any atom is -0.508 e. The molecule has 2 aromatic rings. The maximum absolute atomic E-state index is 12.6. The molecule has 3 N–H and O–H groups in total. The largest absolute Gasteiger partial charge is 0.508 e. The van der Waals surface area contributed by atoms with E-state index in [0.717, 1.165) is 16.0 Å². The third-order valence-corrected chi connectivity index (χ3v) is 5.22. The van der Waals surface area contributed by atoms with Crippen LogP contribution in [-0.4, -0.2) is 47.2 Å². The number of carbonyl (C=O) groups excluding carboxylic acids is 3. The maximum Gasteiger partial charge on any atom is 0.325 e. The highest BCUT2D eigenvalue weighted by atomic mass is 16.7. The number of rotatable bonds is 8. The fourth-order valence-electron chi connectivity index (χ4n) is 3.52. The second kappa shape index (κ2) is 8.95. The van der Waals surface area contributed by atoms with Gasteiger partial charge in [0.05, 0.1) is 6.54 Å². The molecule has 1 saturated heterocycles. The van der Waals surface area contributed by atoms with Gasteiger partial charge in [0.25, 0.3) is 5.91 Å². The summed E-state index contributed by atoms with van der Waals surface area (Å²) in [5.74, 6) is 0.888. The number of aromatic hydroxyl groups is 1. The second-order valence-electron chi connectivity index (χ2n) is 7.42. The second-order valence-corrected chi connectivity index (χ2v) is 7.42. The van der Waals surface area contributed by atoms with Gasteiger partial charge in [0, 0.05) is 13.0 Å². The maximum atomic E-state index is 12.6. The van der Waals surface area contributed by atoms with Crippen molar-refractivity contribution in [2.45, 2.75) is 31.8 Å². The molecule has 0 aliphatic carbocycles. The first-order valence-corrected chi connectivity index (χ1v) is 10.0. The third kappa shape index (κ3) is 4.88. The van der Waals surface area contributed by atoms with Crippen LogP contribution in [0.1, 0.15) is 24.0 Å². The molecule has 0 unspecified atom stereocenters. The number of phenolic OH excluding ortho intramolecular Hbond substituents is 1. The third-order valence-electron chi connectivity index (χ3n) is 5.22. The highest BCUT2D eigenvalue weighted by Gasteiger charge is 2.38. The minimum absolute atomic E-state index is 0.122. The van der Waals surface area contributed by atoms with Gasteiger partial charge in [-0.3, -0.25) is 14.5 Å². The highest BCUT2D eigenvalue weighted by molar-refractivity contribution is 6.04. The molecule has 4 amide bonds. The smallest absolute Gasteiger partial charge is 0.325 e. The molecule has 0 radical (unpaired) electrons. The highest BCUT2D eigenvalue weighted by Crippen LogP contribution is 2.33. The molecule has 0 bridgehead atoms. The van der Waals surface area contributed by atoms with Crippen LogP contribution in [0.4, 0.5) is 4.79 Å². The Kier molecular flexibility index (Phi) is 5.92. The summed E-state index contributed by atoms with van der Waals surface area (Å²) in [6.45, 7) is 0.725. The lowest BCUT2D eigenvalue weighted by Crippen LogP contribution is -2.33. The van der Waals surface area contributed by atoms with Crippen LogP contribution >= 0.6 is 0 Å². The zero-order valence-corrected chi connectivity index (χ0v) is 16.8. The number of urea groups is 1. The van der Waals surface area contributed by atoms with Crippen LogP contribution < -0.4 is 20.1 Å². The number of imide groups is 1. The van der Waals surface area contributed by atoms with Crippen molar-refractivity contribution in [1.29, 1.82) is 0 Å². The Morgan fingerprint density at radius 1 is 1.10 bits per heavy atom. The Bertz CT molecular complexity index is 991. The van der Waals surface area contributed by atoms with Gasteiger partial charge in [-0.2, -0.15) is 0 Å². The van der Waals surface area contributed by atoms with Gasteiger partial charge >= 0.3 is 6.03 Å². The number of carbonyl (C=O) groups is 3. The van der Waals surface area contributed by atoms with Crippen LogP contribution in [0, 0.1) is 0 Å². The van der Waals surface area contributed by atoms with Crippen LogP contribution in [0.2, 0.25) is 0 Å². The molecule has 1 atom stereocenters. The van der Waals surface area contributed by atoms with Gasteiger partial charge < -0.3 is 25.2 Å². The van der Waals surface area contributed by atoms with Crippen molar-refractivity contribution in [1.82, 2.24) is 15.5 Å². The molecule has 2 aliphatic rings. The Labute approximate surface area is 178 Å². The van der Waals surface area contributed by atoms with Crippen molar-refractivity contribution < 1.29 is 29.0 Å². The lowest BCUT2D eigenvalue weighted by Gasteiger charge is -2.13. The summed E-state index contributed by atoms with van der Waals surface area (Å²) in [6.07, 6.45) is 0.992. The lowest BCUT2D eigenvalue weighted by atomic mass is 10.1. The van der Waals surface area contributed by atoms with Gasteiger partial charge in [0.1, 0.15) is 11.8 Å². The first kappa shape index (κ1) is 20.5. The molecule has 31 heavy (non-hydrogen) atoms. The zero-order chi connectivity index (χ0) is 21.8. The van der Waals surface area contributed by atoms with E-state index in [1.165, 1.54) is 0 Å². The average Bonchev–Trinajstić information content (AvgIpc) is 3.33. The van der Waals surface area contributed by atoms with E-state index < -0.39 is 12.1 Å². The summed E-state index contributed by atoms with van der Waals surface area (Å²) < 4.78 is 10.6. The fraction of sp³-hybridized carbons (Fsp3) is 0.318. The predicted molar refractivity (Wildman–Crippen MR) is 109 cm³/mol. The molecule has 1 fully saturated rings. The van der Waals surface area contributed by atoms with Gasteiger partial charge in [-0.25, -0.2) is 4.79 Å². The molecular weight excluding hydrogens is 402 g/mol. The number of ether oxygens (including phenoxy) is 2. The quantitative estimate of drug-likeness (QED) is 0.554. The number of nitrogens with one attached hydrogen (secondary N) is 2. The molecule has 0 aromatic heterocycles. The van der Waals surface area contributed by atoms with Crippen molar-refractivity contribution in [3.05, 3.63) is 53.6 Å². The Morgan fingerprint density at radius 3 is 2.65 bits per heavy atom. The molecule has 4 rings (SSSR count). The van der Waals surface area contributed by atoms with E-state index in [4.69, 9.17) is 9.47 Å². The minimum atomic E-state index is -0.718. The molecule has 2 heterocycles. The zero-order valence-electron chi connectivity index (χ0n) is 16.8. The Hall–Kier alpha value is -3.75. The summed E-state index contributed by atoms with van der Waals surface area (Å²) in [5, 5.41) is 14.7. The first-order chi connectivity index (χ1) is 15.0. The topological polar surface area (TPSA) is 117 Å². The number of benzene rings is 2. The summed E-state index contributed by atoms with van der Waals surface area (Å²) >= 11 is 0. The van der Waals surface area contributed by atoms with Gasteiger partial charge in [-0.05, 0) is 48.2 Å². The van der Waals surface area contributed by atoms with Crippen molar-refractivity contribution in [3.63, 3.8) is 0 Å². The molecule has 162 valence electrons. The molecular formula is C22H23N3O6. The normalized spacial score (nSPS) is 17.0. The van der Waals surface area contributed by atoms with Crippen molar-refractivity contribution >= 4 is 17.8 Å². The van der Waals surface area contributed by atoms with E-state index in [1.807, 2.05) is 0 Å². The number of hydrogen-bond acceptors (Lipinski definition) is 6.